The standard InChI is InChI=1S/C11H15ClN2O/c1-15-10-7-9(12)13-11(14-10)8-5-3-2-4-6-8/h7-8H,2-6H2,1H3. The van der Waals surface area contributed by atoms with E-state index in [0.717, 1.165) is 5.82 Å². The third-order valence-corrected chi connectivity index (χ3v) is 3.06. The minimum absolute atomic E-state index is 0.464. The van der Waals surface area contributed by atoms with Crippen molar-refractivity contribution >= 4 is 11.6 Å². The van der Waals surface area contributed by atoms with Gasteiger partial charge in [0.1, 0.15) is 11.0 Å². The van der Waals surface area contributed by atoms with Crippen LogP contribution in [0.15, 0.2) is 6.07 Å². The Hall–Kier alpha value is -0.830. The number of hydrogen-bond donors (Lipinski definition) is 0. The van der Waals surface area contributed by atoms with Crippen molar-refractivity contribution in [2.45, 2.75) is 38.0 Å². The molecule has 0 amide bonds. The van der Waals surface area contributed by atoms with Crippen LogP contribution in [0.5, 0.6) is 5.88 Å². The van der Waals surface area contributed by atoms with E-state index in [1.54, 1.807) is 13.2 Å². The molecular weight excluding hydrogens is 212 g/mol. The van der Waals surface area contributed by atoms with Crippen LogP contribution in [0.1, 0.15) is 43.8 Å². The maximum Gasteiger partial charge on any atom is 0.217 e. The maximum absolute atomic E-state index is 5.92. The quantitative estimate of drug-likeness (QED) is 0.727. The summed E-state index contributed by atoms with van der Waals surface area (Å²) in [6, 6.07) is 1.65. The molecule has 2 rings (SSSR count). The van der Waals surface area contributed by atoms with E-state index in [1.165, 1.54) is 32.1 Å². The third-order valence-electron chi connectivity index (χ3n) is 2.87. The predicted octanol–water partition coefficient (Wildman–Crippen LogP) is 3.19. The summed E-state index contributed by atoms with van der Waals surface area (Å²) in [6.07, 6.45) is 6.20. The van der Waals surface area contributed by atoms with Gasteiger partial charge in [0.05, 0.1) is 7.11 Å². The highest BCUT2D eigenvalue weighted by atomic mass is 35.5. The highest BCUT2D eigenvalue weighted by Gasteiger charge is 2.19. The fourth-order valence-electron chi connectivity index (χ4n) is 2.06. The minimum atomic E-state index is 0.464. The number of methoxy groups -OCH3 is 1. The number of aromatic nitrogens is 2. The Morgan fingerprint density at radius 2 is 2.00 bits per heavy atom. The molecule has 1 aromatic heterocycles. The zero-order valence-corrected chi connectivity index (χ0v) is 9.63. The number of nitrogens with zero attached hydrogens (tertiary/aromatic N) is 2. The molecule has 1 aliphatic carbocycles. The van der Waals surface area contributed by atoms with Crippen molar-refractivity contribution in [3.8, 4) is 5.88 Å². The maximum atomic E-state index is 5.92. The molecule has 0 radical (unpaired) electrons. The van der Waals surface area contributed by atoms with Gasteiger partial charge in [0, 0.05) is 12.0 Å². The first-order valence-electron chi connectivity index (χ1n) is 5.38. The van der Waals surface area contributed by atoms with Crippen molar-refractivity contribution < 1.29 is 4.74 Å². The van der Waals surface area contributed by atoms with Crippen molar-refractivity contribution in [1.82, 2.24) is 9.97 Å². The normalized spacial score (nSPS) is 17.7. The van der Waals surface area contributed by atoms with Crippen molar-refractivity contribution in [2.24, 2.45) is 0 Å². The first-order chi connectivity index (χ1) is 7.29. The highest BCUT2D eigenvalue weighted by molar-refractivity contribution is 6.29. The Morgan fingerprint density at radius 1 is 1.27 bits per heavy atom. The molecule has 3 nitrogen and oxygen atoms in total. The van der Waals surface area contributed by atoms with E-state index >= 15 is 0 Å². The van der Waals surface area contributed by atoms with E-state index < -0.39 is 0 Å². The van der Waals surface area contributed by atoms with Gasteiger partial charge in [-0.05, 0) is 12.8 Å². The molecule has 0 saturated heterocycles. The second-order valence-corrected chi connectivity index (χ2v) is 4.31. The Morgan fingerprint density at radius 3 is 2.67 bits per heavy atom. The molecular formula is C11H15ClN2O. The molecule has 1 saturated carbocycles. The summed E-state index contributed by atoms with van der Waals surface area (Å²) >= 11 is 5.92. The summed E-state index contributed by atoms with van der Waals surface area (Å²) in [5, 5.41) is 0.474. The van der Waals surface area contributed by atoms with Crippen LogP contribution in [0, 0.1) is 0 Å². The lowest BCUT2D eigenvalue weighted by molar-refractivity contribution is 0.383. The van der Waals surface area contributed by atoms with Gasteiger partial charge in [-0.25, -0.2) is 4.98 Å². The Kier molecular flexibility index (Phi) is 3.41. The van der Waals surface area contributed by atoms with Crippen LogP contribution in [0.25, 0.3) is 0 Å². The summed E-state index contributed by atoms with van der Waals surface area (Å²) in [7, 11) is 1.60. The molecule has 0 N–H and O–H groups in total. The van der Waals surface area contributed by atoms with Gasteiger partial charge in [0.25, 0.3) is 0 Å². The van der Waals surface area contributed by atoms with Gasteiger partial charge in [0.2, 0.25) is 5.88 Å². The summed E-state index contributed by atoms with van der Waals surface area (Å²) in [5.74, 6) is 1.88. The van der Waals surface area contributed by atoms with Crippen LogP contribution in [0.4, 0.5) is 0 Å². The van der Waals surface area contributed by atoms with Gasteiger partial charge < -0.3 is 4.74 Å². The molecule has 1 heterocycles. The van der Waals surface area contributed by atoms with Crippen LogP contribution < -0.4 is 4.74 Å². The molecule has 1 aliphatic rings. The topological polar surface area (TPSA) is 35.0 Å². The zero-order valence-electron chi connectivity index (χ0n) is 8.87. The molecule has 1 aromatic rings. The monoisotopic (exact) mass is 226 g/mol. The van der Waals surface area contributed by atoms with Crippen molar-refractivity contribution in [1.29, 1.82) is 0 Å². The molecule has 0 unspecified atom stereocenters. The average molecular weight is 227 g/mol. The van der Waals surface area contributed by atoms with E-state index in [4.69, 9.17) is 16.3 Å². The zero-order chi connectivity index (χ0) is 10.7. The minimum Gasteiger partial charge on any atom is -0.481 e. The average Bonchev–Trinajstić information content (AvgIpc) is 2.29. The lowest BCUT2D eigenvalue weighted by Crippen LogP contribution is -2.09. The fraction of sp³-hybridized carbons (Fsp3) is 0.636. The molecule has 0 atom stereocenters. The third kappa shape index (κ3) is 2.59. The van der Waals surface area contributed by atoms with Crippen LogP contribution >= 0.6 is 11.6 Å². The summed E-state index contributed by atoms with van der Waals surface area (Å²) in [5.41, 5.74) is 0. The van der Waals surface area contributed by atoms with Crippen molar-refractivity contribution in [3.05, 3.63) is 17.0 Å². The SMILES string of the molecule is COc1cc(Cl)nc(C2CCCCC2)n1. The van der Waals surface area contributed by atoms with E-state index in [-0.39, 0.29) is 0 Å². The van der Waals surface area contributed by atoms with Crippen LogP contribution in [0.2, 0.25) is 5.15 Å². The van der Waals surface area contributed by atoms with Gasteiger partial charge >= 0.3 is 0 Å². The van der Waals surface area contributed by atoms with Gasteiger partial charge in [0.15, 0.2) is 0 Å². The van der Waals surface area contributed by atoms with Gasteiger partial charge in [-0.3, -0.25) is 0 Å². The number of hydrogen-bond acceptors (Lipinski definition) is 3. The van der Waals surface area contributed by atoms with E-state index in [9.17, 15) is 0 Å². The molecule has 4 heteroatoms. The largest absolute Gasteiger partial charge is 0.481 e. The van der Waals surface area contributed by atoms with Crippen LogP contribution in [-0.4, -0.2) is 17.1 Å². The molecule has 0 spiro atoms. The van der Waals surface area contributed by atoms with E-state index in [1.807, 2.05) is 0 Å². The first kappa shape index (κ1) is 10.7. The van der Waals surface area contributed by atoms with Crippen LogP contribution in [-0.2, 0) is 0 Å². The predicted molar refractivity (Wildman–Crippen MR) is 59.4 cm³/mol. The Labute approximate surface area is 94.8 Å². The fourth-order valence-corrected chi connectivity index (χ4v) is 2.24. The Bertz CT molecular complexity index is 337. The molecule has 0 bridgehead atoms. The number of rotatable bonds is 2. The summed E-state index contributed by atoms with van der Waals surface area (Å²) < 4.78 is 5.09. The lowest BCUT2D eigenvalue weighted by atomic mass is 9.89. The second kappa shape index (κ2) is 4.79. The smallest absolute Gasteiger partial charge is 0.217 e. The number of halogens is 1. The molecule has 82 valence electrons. The highest BCUT2D eigenvalue weighted by Crippen LogP contribution is 2.31. The number of ether oxygens (including phenoxy) is 1. The molecule has 1 fully saturated rings. The van der Waals surface area contributed by atoms with Crippen LogP contribution in [0.3, 0.4) is 0 Å². The molecule has 0 aromatic carbocycles. The van der Waals surface area contributed by atoms with Gasteiger partial charge in [-0.2, -0.15) is 4.98 Å². The van der Waals surface area contributed by atoms with E-state index in [0.29, 0.717) is 17.0 Å². The summed E-state index contributed by atoms with van der Waals surface area (Å²) in [6.45, 7) is 0. The second-order valence-electron chi connectivity index (χ2n) is 3.93. The van der Waals surface area contributed by atoms with Gasteiger partial charge in [-0.1, -0.05) is 30.9 Å². The Balaban J connectivity index is 2.22. The van der Waals surface area contributed by atoms with E-state index in [2.05, 4.69) is 9.97 Å². The summed E-state index contributed by atoms with van der Waals surface area (Å²) in [4.78, 5) is 8.64. The first-order valence-corrected chi connectivity index (χ1v) is 5.76. The lowest BCUT2D eigenvalue weighted by Gasteiger charge is -2.20. The molecule has 15 heavy (non-hydrogen) atoms. The van der Waals surface area contributed by atoms with Crippen molar-refractivity contribution in [2.75, 3.05) is 7.11 Å². The van der Waals surface area contributed by atoms with Crippen molar-refractivity contribution in [3.63, 3.8) is 0 Å². The molecule has 0 aliphatic heterocycles. The van der Waals surface area contributed by atoms with Gasteiger partial charge in [-0.15, -0.1) is 0 Å².